The van der Waals surface area contributed by atoms with Gasteiger partial charge in [-0.05, 0) is 44.5 Å². The monoisotopic (exact) mass is 340 g/mol. The quantitative estimate of drug-likeness (QED) is 0.931. The van der Waals surface area contributed by atoms with Gasteiger partial charge in [0.1, 0.15) is 12.7 Å². The topological polar surface area (TPSA) is 66.3 Å². The highest BCUT2D eigenvalue weighted by Gasteiger charge is 2.37. The van der Waals surface area contributed by atoms with Crippen LogP contribution in [0.2, 0.25) is 0 Å². The predicted octanol–water partition coefficient (Wildman–Crippen LogP) is 2.36. The highest BCUT2D eigenvalue weighted by atomic mass is 16.2. The number of nitrogens with zero attached hydrogens (tertiary/aromatic N) is 5. The first kappa shape index (κ1) is 16.1. The van der Waals surface area contributed by atoms with Gasteiger partial charge in [-0.3, -0.25) is 9.47 Å². The minimum absolute atomic E-state index is 0.0261. The fraction of sp³-hybridized carbons (Fsp3) is 0.500. The van der Waals surface area contributed by atoms with E-state index in [-0.39, 0.29) is 6.03 Å². The van der Waals surface area contributed by atoms with Gasteiger partial charge in [-0.1, -0.05) is 12.5 Å². The van der Waals surface area contributed by atoms with Crippen molar-refractivity contribution in [2.45, 2.75) is 38.3 Å². The number of carbonyl (C=O) groups excluding carboxylic acids is 1. The molecule has 25 heavy (non-hydrogen) atoms. The van der Waals surface area contributed by atoms with E-state index in [0.717, 1.165) is 24.5 Å². The van der Waals surface area contributed by atoms with Crippen LogP contribution in [0.15, 0.2) is 36.9 Å². The highest BCUT2D eigenvalue weighted by molar-refractivity contribution is 5.90. The normalized spacial score (nSPS) is 21.8. The van der Waals surface area contributed by atoms with Crippen LogP contribution in [0.5, 0.6) is 0 Å². The zero-order valence-electron chi connectivity index (χ0n) is 14.5. The molecule has 1 atom stereocenters. The lowest BCUT2D eigenvalue weighted by atomic mass is 9.98. The Morgan fingerprint density at radius 2 is 2.00 bits per heavy atom. The minimum atomic E-state index is -0.0261. The fourth-order valence-corrected chi connectivity index (χ4v) is 3.77. The first-order chi connectivity index (χ1) is 12.2. The average molecular weight is 340 g/mol. The van der Waals surface area contributed by atoms with Gasteiger partial charge in [-0.2, -0.15) is 0 Å². The molecular formula is C18H24N6O. The first-order valence-electron chi connectivity index (χ1n) is 8.97. The second kappa shape index (κ2) is 6.84. The van der Waals surface area contributed by atoms with Crippen molar-refractivity contribution in [3.05, 3.63) is 36.9 Å². The molecule has 1 N–H and O–H groups in total. The number of rotatable bonds is 3. The number of nitrogens with one attached hydrogen (secondary N) is 1. The number of hydrogen-bond acceptors (Lipinski definition) is 4. The second-order valence-corrected chi connectivity index (χ2v) is 6.99. The Morgan fingerprint density at radius 3 is 2.76 bits per heavy atom. The summed E-state index contributed by atoms with van der Waals surface area (Å²) in [6.07, 6.45) is 7.17. The summed E-state index contributed by atoms with van der Waals surface area (Å²) in [5.41, 5.74) is 1.71. The Bertz CT molecular complexity index is 725. The van der Waals surface area contributed by atoms with Crippen LogP contribution in [0.4, 0.5) is 10.5 Å². The van der Waals surface area contributed by atoms with Crippen molar-refractivity contribution < 1.29 is 4.79 Å². The molecule has 2 aromatic rings. The third-order valence-corrected chi connectivity index (χ3v) is 5.29. The smallest absolute Gasteiger partial charge is 0.321 e. The van der Waals surface area contributed by atoms with Gasteiger partial charge >= 0.3 is 6.03 Å². The van der Waals surface area contributed by atoms with E-state index in [2.05, 4.69) is 27.3 Å². The van der Waals surface area contributed by atoms with E-state index in [1.54, 1.807) is 12.7 Å². The lowest BCUT2D eigenvalue weighted by molar-refractivity contribution is 0.0199. The molecule has 2 aliphatic rings. The van der Waals surface area contributed by atoms with Crippen LogP contribution < -0.4 is 5.32 Å². The number of aromatic nitrogens is 3. The average Bonchev–Trinajstić information content (AvgIpc) is 3.10. The SMILES string of the molecule is C[C@@H]1CCCCN1C1CN(C(=O)Nc2cccc(-n3cnnc3)c2)C1. The van der Waals surface area contributed by atoms with Crippen LogP contribution in [0, 0.1) is 0 Å². The molecule has 2 fully saturated rings. The fourth-order valence-electron chi connectivity index (χ4n) is 3.77. The van der Waals surface area contributed by atoms with Gasteiger partial charge in [0.05, 0.1) is 5.69 Å². The van der Waals surface area contributed by atoms with Gasteiger partial charge in [0, 0.05) is 30.9 Å². The maximum Gasteiger partial charge on any atom is 0.321 e. The molecule has 0 saturated carbocycles. The summed E-state index contributed by atoms with van der Waals surface area (Å²) in [4.78, 5) is 16.9. The van der Waals surface area contributed by atoms with Crippen LogP contribution in [0.3, 0.4) is 0 Å². The molecule has 7 heteroatoms. The van der Waals surface area contributed by atoms with E-state index in [0.29, 0.717) is 12.1 Å². The highest BCUT2D eigenvalue weighted by Crippen LogP contribution is 2.25. The summed E-state index contributed by atoms with van der Waals surface area (Å²) in [5, 5.41) is 10.6. The lowest BCUT2D eigenvalue weighted by Gasteiger charge is -2.49. The maximum absolute atomic E-state index is 12.5. The van der Waals surface area contributed by atoms with Crippen molar-refractivity contribution >= 4 is 11.7 Å². The number of anilines is 1. The van der Waals surface area contributed by atoms with Crippen LogP contribution in [-0.2, 0) is 0 Å². The molecule has 1 aromatic heterocycles. The van der Waals surface area contributed by atoms with E-state index in [4.69, 9.17) is 0 Å². The molecule has 2 aliphatic heterocycles. The van der Waals surface area contributed by atoms with Crippen LogP contribution in [0.25, 0.3) is 5.69 Å². The predicted molar refractivity (Wildman–Crippen MR) is 95.8 cm³/mol. The third-order valence-electron chi connectivity index (χ3n) is 5.29. The second-order valence-electron chi connectivity index (χ2n) is 6.99. The zero-order valence-corrected chi connectivity index (χ0v) is 14.5. The standard InChI is InChI=1S/C18H24N6O/c1-14-5-2-3-8-24(14)17-10-22(11-17)18(25)21-15-6-4-7-16(9-15)23-12-19-20-13-23/h4,6-7,9,12-14,17H,2-3,5,8,10-11H2,1H3,(H,21,25)/t14-/m1/s1. The molecule has 0 spiro atoms. The molecule has 0 bridgehead atoms. The Labute approximate surface area is 147 Å². The number of urea groups is 1. The van der Waals surface area contributed by atoms with Crippen molar-refractivity contribution in [2.75, 3.05) is 25.0 Å². The molecule has 1 aromatic carbocycles. The summed E-state index contributed by atoms with van der Waals surface area (Å²) in [6, 6.07) is 8.83. The van der Waals surface area contributed by atoms with Crippen molar-refractivity contribution in [2.24, 2.45) is 0 Å². The van der Waals surface area contributed by atoms with Gasteiger partial charge in [0.2, 0.25) is 0 Å². The van der Waals surface area contributed by atoms with Crippen molar-refractivity contribution in [3.8, 4) is 5.69 Å². The number of carbonyl (C=O) groups is 1. The molecule has 0 aliphatic carbocycles. The molecule has 4 rings (SSSR count). The molecule has 7 nitrogen and oxygen atoms in total. The summed E-state index contributed by atoms with van der Waals surface area (Å²) < 4.78 is 1.81. The molecule has 2 saturated heterocycles. The van der Waals surface area contributed by atoms with Crippen molar-refractivity contribution in [1.82, 2.24) is 24.6 Å². The largest absolute Gasteiger partial charge is 0.321 e. The summed E-state index contributed by atoms with van der Waals surface area (Å²) in [7, 11) is 0. The van der Waals surface area contributed by atoms with Gasteiger partial charge in [0.15, 0.2) is 0 Å². The van der Waals surface area contributed by atoms with E-state index in [1.807, 2.05) is 33.7 Å². The number of hydrogen-bond donors (Lipinski definition) is 1. The number of benzene rings is 1. The number of piperidine rings is 1. The van der Waals surface area contributed by atoms with Crippen LogP contribution >= 0.6 is 0 Å². The van der Waals surface area contributed by atoms with Gasteiger partial charge < -0.3 is 10.2 Å². The lowest BCUT2D eigenvalue weighted by Crippen LogP contribution is -2.64. The summed E-state index contributed by atoms with van der Waals surface area (Å²) in [5.74, 6) is 0. The molecule has 132 valence electrons. The Morgan fingerprint density at radius 1 is 1.20 bits per heavy atom. The van der Waals surface area contributed by atoms with E-state index < -0.39 is 0 Å². The van der Waals surface area contributed by atoms with Gasteiger partial charge in [-0.25, -0.2) is 4.79 Å². The van der Waals surface area contributed by atoms with E-state index in [1.165, 1.54) is 25.8 Å². The molecule has 2 amide bonds. The van der Waals surface area contributed by atoms with E-state index >= 15 is 0 Å². The van der Waals surface area contributed by atoms with Gasteiger partial charge in [-0.15, -0.1) is 10.2 Å². The van der Waals surface area contributed by atoms with E-state index in [9.17, 15) is 4.79 Å². The Hall–Kier alpha value is -2.41. The number of likely N-dealkylation sites (tertiary alicyclic amines) is 2. The molecule has 3 heterocycles. The van der Waals surface area contributed by atoms with Crippen molar-refractivity contribution in [3.63, 3.8) is 0 Å². The van der Waals surface area contributed by atoms with Crippen LogP contribution in [-0.4, -0.2) is 62.3 Å². The molecule has 0 unspecified atom stereocenters. The Kier molecular flexibility index (Phi) is 4.40. The Balaban J connectivity index is 1.34. The molecule has 0 radical (unpaired) electrons. The van der Waals surface area contributed by atoms with Crippen LogP contribution in [0.1, 0.15) is 26.2 Å². The van der Waals surface area contributed by atoms with Crippen molar-refractivity contribution in [1.29, 1.82) is 0 Å². The zero-order chi connectivity index (χ0) is 17.2. The molecular weight excluding hydrogens is 316 g/mol. The summed E-state index contributed by atoms with van der Waals surface area (Å²) >= 11 is 0. The third kappa shape index (κ3) is 3.37. The summed E-state index contributed by atoms with van der Waals surface area (Å²) in [6.45, 7) is 5.11. The number of amides is 2. The minimum Gasteiger partial charge on any atom is -0.321 e. The maximum atomic E-state index is 12.5. The first-order valence-corrected chi connectivity index (χ1v) is 8.97. The van der Waals surface area contributed by atoms with Gasteiger partial charge in [0.25, 0.3) is 0 Å².